The molecule has 0 aliphatic heterocycles. The number of halogens is 1. The van der Waals surface area contributed by atoms with Gasteiger partial charge in [0.2, 0.25) is 5.91 Å². The molecule has 0 saturated heterocycles. The van der Waals surface area contributed by atoms with Gasteiger partial charge in [-0.15, -0.1) is 11.3 Å². The smallest absolute Gasteiger partial charge is 0.248 e. The number of aryl methyl sites for hydroxylation is 2. The minimum absolute atomic E-state index is 0.349. The standard InChI is InChI=1S/C17H15FN4OS2/c1-11-20-13(10-24-11)4-6-16(23)21-14-9-12(18)3-5-15(14)25-17-19-7-8-22(17)2/h3-10H,1-2H3,(H,21,23)/b6-4+. The first-order valence-corrected chi connectivity index (χ1v) is 9.07. The number of aromatic nitrogens is 3. The molecule has 128 valence electrons. The van der Waals surface area contributed by atoms with Crippen molar-refractivity contribution in [2.45, 2.75) is 17.0 Å². The third-order valence-electron chi connectivity index (χ3n) is 3.22. The van der Waals surface area contributed by atoms with Gasteiger partial charge < -0.3 is 9.88 Å². The average Bonchev–Trinajstić information content (AvgIpc) is 3.17. The zero-order valence-electron chi connectivity index (χ0n) is 13.6. The average molecular weight is 374 g/mol. The van der Waals surface area contributed by atoms with Gasteiger partial charge in [0.25, 0.3) is 0 Å². The molecule has 0 aliphatic rings. The fourth-order valence-electron chi connectivity index (χ4n) is 2.03. The Kier molecular flexibility index (Phi) is 5.30. The van der Waals surface area contributed by atoms with Crippen molar-refractivity contribution in [1.82, 2.24) is 14.5 Å². The van der Waals surface area contributed by atoms with E-state index in [1.165, 1.54) is 41.3 Å². The van der Waals surface area contributed by atoms with E-state index in [4.69, 9.17) is 0 Å². The number of amides is 1. The van der Waals surface area contributed by atoms with E-state index < -0.39 is 5.82 Å². The molecule has 3 rings (SSSR count). The van der Waals surface area contributed by atoms with Crippen molar-refractivity contribution in [2.75, 3.05) is 5.32 Å². The molecule has 0 radical (unpaired) electrons. The molecule has 25 heavy (non-hydrogen) atoms. The number of hydrogen-bond donors (Lipinski definition) is 1. The number of nitrogens with one attached hydrogen (secondary N) is 1. The van der Waals surface area contributed by atoms with Gasteiger partial charge in [-0.25, -0.2) is 14.4 Å². The van der Waals surface area contributed by atoms with E-state index in [0.717, 1.165) is 15.9 Å². The van der Waals surface area contributed by atoms with Crippen molar-refractivity contribution in [3.8, 4) is 0 Å². The highest BCUT2D eigenvalue weighted by molar-refractivity contribution is 7.99. The number of imidazole rings is 1. The van der Waals surface area contributed by atoms with Crippen LogP contribution in [0.5, 0.6) is 0 Å². The SMILES string of the molecule is Cc1nc(/C=C/C(=O)Nc2cc(F)ccc2Sc2nccn2C)cs1. The highest BCUT2D eigenvalue weighted by Crippen LogP contribution is 2.32. The zero-order valence-corrected chi connectivity index (χ0v) is 15.2. The normalized spacial score (nSPS) is 11.2. The van der Waals surface area contributed by atoms with Gasteiger partial charge in [-0.3, -0.25) is 4.79 Å². The van der Waals surface area contributed by atoms with Crippen molar-refractivity contribution in [2.24, 2.45) is 7.05 Å². The van der Waals surface area contributed by atoms with Crippen LogP contribution >= 0.6 is 23.1 Å². The summed E-state index contributed by atoms with van der Waals surface area (Å²) < 4.78 is 15.5. The topological polar surface area (TPSA) is 59.8 Å². The van der Waals surface area contributed by atoms with Crippen LogP contribution in [0.1, 0.15) is 10.7 Å². The van der Waals surface area contributed by atoms with Crippen molar-refractivity contribution >= 4 is 40.8 Å². The quantitative estimate of drug-likeness (QED) is 0.682. The van der Waals surface area contributed by atoms with Crippen LogP contribution in [0, 0.1) is 12.7 Å². The van der Waals surface area contributed by atoms with Crippen molar-refractivity contribution in [1.29, 1.82) is 0 Å². The summed E-state index contributed by atoms with van der Waals surface area (Å²) in [5.41, 5.74) is 1.12. The molecule has 0 atom stereocenters. The molecule has 1 amide bonds. The van der Waals surface area contributed by atoms with Crippen LogP contribution < -0.4 is 5.32 Å². The number of rotatable bonds is 5. The number of benzene rings is 1. The Hall–Kier alpha value is -2.45. The van der Waals surface area contributed by atoms with Gasteiger partial charge in [-0.2, -0.15) is 0 Å². The van der Waals surface area contributed by atoms with Crippen LogP contribution in [-0.2, 0) is 11.8 Å². The second kappa shape index (κ2) is 7.62. The van der Waals surface area contributed by atoms with Crippen LogP contribution in [-0.4, -0.2) is 20.4 Å². The summed E-state index contributed by atoms with van der Waals surface area (Å²) in [5, 5.41) is 6.25. The van der Waals surface area contributed by atoms with Crippen LogP contribution in [0.3, 0.4) is 0 Å². The number of carbonyl (C=O) groups is 1. The van der Waals surface area contributed by atoms with E-state index in [-0.39, 0.29) is 5.91 Å². The van der Waals surface area contributed by atoms with E-state index >= 15 is 0 Å². The van der Waals surface area contributed by atoms with Crippen LogP contribution in [0.4, 0.5) is 10.1 Å². The second-order valence-corrected chi connectivity index (χ2v) is 7.25. The number of anilines is 1. The first kappa shape index (κ1) is 17.4. The largest absolute Gasteiger partial charge is 0.329 e. The summed E-state index contributed by atoms with van der Waals surface area (Å²) in [6.45, 7) is 1.90. The molecule has 2 aromatic heterocycles. The molecule has 0 aliphatic carbocycles. The van der Waals surface area contributed by atoms with E-state index in [1.54, 1.807) is 18.3 Å². The molecule has 1 aromatic carbocycles. The summed E-state index contributed by atoms with van der Waals surface area (Å²) in [4.78, 5) is 21.3. The molecule has 0 fully saturated rings. The first-order chi connectivity index (χ1) is 12.0. The molecule has 2 heterocycles. The lowest BCUT2D eigenvalue weighted by Gasteiger charge is -2.09. The molecule has 5 nitrogen and oxygen atoms in total. The Labute approximate surface area is 152 Å². The van der Waals surface area contributed by atoms with Crippen molar-refractivity contribution in [3.05, 3.63) is 58.6 Å². The predicted octanol–water partition coefficient (Wildman–Crippen LogP) is 4.13. The highest BCUT2D eigenvalue weighted by atomic mass is 32.2. The van der Waals surface area contributed by atoms with E-state index in [9.17, 15) is 9.18 Å². The third-order valence-corrected chi connectivity index (χ3v) is 5.16. The lowest BCUT2D eigenvalue weighted by Crippen LogP contribution is -2.09. The fraction of sp³-hybridized carbons (Fsp3) is 0.118. The highest BCUT2D eigenvalue weighted by Gasteiger charge is 2.11. The molecule has 0 spiro atoms. The van der Waals surface area contributed by atoms with Gasteiger partial charge >= 0.3 is 0 Å². The molecule has 1 N–H and O–H groups in total. The van der Waals surface area contributed by atoms with E-state index in [2.05, 4.69) is 15.3 Å². The number of nitrogens with zero attached hydrogens (tertiary/aromatic N) is 3. The molecular weight excluding hydrogens is 359 g/mol. The predicted molar refractivity (Wildman–Crippen MR) is 98.2 cm³/mol. The van der Waals surface area contributed by atoms with Crippen LogP contribution in [0.2, 0.25) is 0 Å². The van der Waals surface area contributed by atoms with Gasteiger partial charge in [0.15, 0.2) is 5.16 Å². The summed E-state index contributed by atoms with van der Waals surface area (Å²) in [7, 11) is 1.87. The van der Waals surface area contributed by atoms with Crippen LogP contribution in [0.25, 0.3) is 6.08 Å². The number of carbonyl (C=O) groups excluding carboxylic acids is 1. The minimum atomic E-state index is -0.418. The summed E-state index contributed by atoms with van der Waals surface area (Å²) in [6.07, 6.45) is 6.52. The number of thiazole rings is 1. The van der Waals surface area contributed by atoms with E-state index in [1.807, 2.05) is 30.1 Å². The summed E-state index contributed by atoms with van der Waals surface area (Å²) in [5.74, 6) is -0.767. The second-order valence-electron chi connectivity index (χ2n) is 5.18. The van der Waals surface area contributed by atoms with Gasteiger partial charge in [0, 0.05) is 35.8 Å². The lowest BCUT2D eigenvalue weighted by molar-refractivity contribution is -0.111. The van der Waals surface area contributed by atoms with Gasteiger partial charge in [0.1, 0.15) is 5.82 Å². The molecule has 0 unspecified atom stereocenters. The van der Waals surface area contributed by atoms with E-state index in [0.29, 0.717) is 10.6 Å². The Balaban J connectivity index is 1.76. The maximum absolute atomic E-state index is 13.6. The first-order valence-electron chi connectivity index (χ1n) is 7.37. The van der Waals surface area contributed by atoms with Gasteiger partial charge in [-0.1, -0.05) is 0 Å². The monoisotopic (exact) mass is 374 g/mol. The minimum Gasteiger partial charge on any atom is -0.329 e. The Bertz CT molecular complexity index is 932. The third kappa shape index (κ3) is 4.55. The lowest BCUT2D eigenvalue weighted by atomic mass is 10.3. The van der Waals surface area contributed by atoms with Crippen molar-refractivity contribution < 1.29 is 9.18 Å². The fourth-order valence-corrected chi connectivity index (χ4v) is 3.48. The summed E-state index contributed by atoms with van der Waals surface area (Å²) >= 11 is 2.86. The molecule has 8 heteroatoms. The Morgan fingerprint density at radius 2 is 2.28 bits per heavy atom. The Morgan fingerprint density at radius 3 is 2.96 bits per heavy atom. The maximum atomic E-state index is 13.6. The molecule has 3 aromatic rings. The van der Waals surface area contributed by atoms with Crippen molar-refractivity contribution in [3.63, 3.8) is 0 Å². The van der Waals surface area contributed by atoms with Crippen LogP contribution in [0.15, 0.2) is 52.1 Å². The maximum Gasteiger partial charge on any atom is 0.248 e. The Morgan fingerprint density at radius 1 is 1.44 bits per heavy atom. The van der Waals surface area contributed by atoms with Gasteiger partial charge in [-0.05, 0) is 43.0 Å². The number of hydrogen-bond acceptors (Lipinski definition) is 5. The molecule has 0 bridgehead atoms. The molecule has 0 saturated carbocycles. The molecular formula is C17H15FN4OS2. The van der Waals surface area contributed by atoms with Gasteiger partial charge in [0.05, 0.1) is 16.4 Å². The zero-order chi connectivity index (χ0) is 17.8. The summed E-state index contributed by atoms with van der Waals surface area (Å²) in [6, 6.07) is 4.27.